The Morgan fingerprint density at radius 3 is 1.94 bits per heavy atom. The van der Waals surface area contributed by atoms with Crippen LogP contribution >= 0.6 is 0 Å². The fraction of sp³-hybridized carbons (Fsp3) is 0.513. The molecule has 0 spiro atoms. The standard InChI is InChI=1S/C39H47F6NO2/c1-6-48-37(47)35(20-26(4)5)32-22-30(27-10-14-33(15-11-27)38(40,41)42)21-31(23-32)29-8-7-19-46(24-29)36(18-9-25(2)3)28-12-16-34(17-13-28)39(43,44)45/h10-17,21-23,25-26,29,35-36H,6-9,18-20,24H2,1-5H3/t29?,35-,36?/m1/s1. The van der Waals surface area contributed by atoms with Crippen LogP contribution in [0.25, 0.3) is 11.1 Å². The maximum absolute atomic E-state index is 13.4. The van der Waals surface area contributed by atoms with Crippen molar-refractivity contribution < 1.29 is 35.9 Å². The third-order valence-electron chi connectivity index (χ3n) is 9.21. The highest BCUT2D eigenvalue weighted by Crippen LogP contribution is 2.40. The first-order valence-electron chi connectivity index (χ1n) is 17.0. The second-order valence-electron chi connectivity index (χ2n) is 13.8. The van der Waals surface area contributed by atoms with Crippen LogP contribution in [0, 0.1) is 11.8 Å². The first-order valence-corrected chi connectivity index (χ1v) is 17.0. The van der Waals surface area contributed by atoms with Crippen LogP contribution in [0.5, 0.6) is 0 Å². The van der Waals surface area contributed by atoms with E-state index in [-0.39, 0.29) is 30.5 Å². The average Bonchev–Trinajstić information content (AvgIpc) is 3.03. The first-order chi connectivity index (χ1) is 22.6. The van der Waals surface area contributed by atoms with Gasteiger partial charge in [0.1, 0.15) is 0 Å². The number of nitrogens with zero attached hydrogens (tertiary/aromatic N) is 1. The number of benzene rings is 3. The SMILES string of the molecule is CCOC(=O)[C@H](CC(C)C)c1cc(-c2ccc(C(F)(F)F)cc2)cc(C2CCCN(C(CCC(C)C)c3ccc(C(F)(F)F)cc3)C2)c1. The number of rotatable bonds is 12. The fourth-order valence-electron chi connectivity index (χ4n) is 6.72. The number of hydrogen-bond donors (Lipinski definition) is 0. The van der Waals surface area contributed by atoms with Crippen molar-refractivity contribution in [2.24, 2.45) is 11.8 Å². The molecule has 1 aliphatic rings. The monoisotopic (exact) mass is 675 g/mol. The van der Waals surface area contributed by atoms with E-state index in [9.17, 15) is 31.1 Å². The van der Waals surface area contributed by atoms with Gasteiger partial charge in [0.2, 0.25) is 0 Å². The van der Waals surface area contributed by atoms with Crippen LogP contribution in [0.4, 0.5) is 26.3 Å². The van der Waals surface area contributed by atoms with E-state index in [0.717, 1.165) is 78.7 Å². The van der Waals surface area contributed by atoms with Gasteiger partial charge in [-0.2, -0.15) is 26.3 Å². The number of esters is 1. The van der Waals surface area contributed by atoms with E-state index in [2.05, 4.69) is 18.7 Å². The molecule has 262 valence electrons. The molecular formula is C39H47F6NO2. The molecule has 4 rings (SSSR count). The van der Waals surface area contributed by atoms with E-state index >= 15 is 0 Å². The molecule has 0 N–H and O–H groups in total. The predicted octanol–water partition coefficient (Wildman–Crippen LogP) is 11.4. The number of likely N-dealkylation sites (tertiary alicyclic amines) is 1. The number of piperidine rings is 1. The summed E-state index contributed by atoms with van der Waals surface area (Å²) in [4.78, 5) is 15.6. The molecule has 2 unspecified atom stereocenters. The van der Waals surface area contributed by atoms with Crippen LogP contribution in [0.3, 0.4) is 0 Å². The molecule has 0 aromatic heterocycles. The minimum absolute atomic E-state index is 0.0461. The molecule has 0 bridgehead atoms. The van der Waals surface area contributed by atoms with Gasteiger partial charge in [-0.25, -0.2) is 0 Å². The van der Waals surface area contributed by atoms with Crippen molar-refractivity contribution in [3.63, 3.8) is 0 Å². The maximum Gasteiger partial charge on any atom is 0.416 e. The van der Waals surface area contributed by atoms with Crippen molar-refractivity contribution in [1.29, 1.82) is 0 Å². The number of ether oxygens (including phenoxy) is 1. The van der Waals surface area contributed by atoms with Crippen LogP contribution in [-0.2, 0) is 21.9 Å². The van der Waals surface area contributed by atoms with Gasteiger partial charge >= 0.3 is 18.3 Å². The van der Waals surface area contributed by atoms with E-state index in [1.165, 1.54) is 12.1 Å². The largest absolute Gasteiger partial charge is 0.466 e. The molecule has 1 heterocycles. The summed E-state index contributed by atoms with van der Waals surface area (Å²) < 4.78 is 85.7. The molecule has 0 aliphatic carbocycles. The lowest BCUT2D eigenvalue weighted by molar-refractivity contribution is -0.145. The summed E-state index contributed by atoms with van der Waals surface area (Å²) in [5, 5.41) is 0. The molecule has 3 aromatic carbocycles. The molecule has 1 aliphatic heterocycles. The number of hydrogen-bond acceptors (Lipinski definition) is 3. The molecule has 0 saturated carbocycles. The zero-order chi connectivity index (χ0) is 35.2. The molecule has 3 aromatic rings. The topological polar surface area (TPSA) is 29.5 Å². The fourth-order valence-corrected chi connectivity index (χ4v) is 6.72. The zero-order valence-corrected chi connectivity index (χ0v) is 28.4. The Balaban J connectivity index is 1.75. The second-order valence-corrected chi connectivity index (χ2v) is 13.8. The smallest absolute Gasteiger partial charge is 0.416 e. The normalized spacial score (nSPS) is 17.5. The maximum atomic E-state index is 13.4. The van der Waals surface area contributed by atoms with Crippen molar-refractivity contribution in [1.82, 2.24) is 4.90 Å². The van der Waals surface area contributed by atoms with Gasteiger partial charge in [0.05, 0.1) is 23.7 Å². The molecule has 3 atom stereocenters. The van der Waals surface area contributed by atoms with Gasteiger partial charge in [0.15, 0.2) is 0 Å². The van der Waals surface area contributed by atoms with Crippen molar-refractivity contribution in [2.75, 3.05) is 19.7 Å². The van der Waals surface area contributed by atoms with E-state index < -0.39 is 29.4 Å². The highest BCUT2D eigenvalue weighted by Gasteiger charge is 2.33. The lowest BCUT2D eigenvalue weighted by Crippen LogP contribution is -2.37. The molecule has 1 saturated heterocycles. The third kappa shape index (κ3) is 9.86. The van der Waals surface area contributed by atoms with Gasteiger partial charge < -0.3 is 4.74 Å². The molecule has 0 radical (unpaired) electrons. The molecule has 3 nitrogen and oxygen atoms in total. The Kier molecular flexibility index (Phi) is 12.4. The lowest BCUT2D eigenvalue weighted by Gasteiger charge is -2.39. The van der Waals surface area contributed by atoms with Gasteiger partial charge in [0.25, 0.3) is 0 Å². The highest BCUT2D eigenvalue weighted by molar-refractivity contribution is 5.79. The number of alkyl halides is 6. The Bertz CT molecular complexity index is 1480. The quantitative estimate of drug-likeness (QED) is 0.141. The van der Waals surface area contributed by atoms with E-state index in [0.29, 0.717) is 24.4 Å². The molecule has 0 amide bonds. The number of halogens is 6. The first kappa shape index (κ1) is 37.5. The summed E-state index contributed by atoms with van der Waals surface area (Å²) in [7, 11) is 0. The van der Waals surface area contributed by atoms with Crippen LogP contribution in [0.2, 0.25) is 0 Å². The lowest BCUT2D eigenvalue weighted by atomic mass is 9.82. The van der Waals surface area contributed by atoms with Crippen LogP contribution in [0.1, 0.15) is 112 Å². The van der Waals surface area contributed by atoms with Crippen molar-refractivity contribution in [3.05, 3.63) is 94.5 Å². The van der Waals surface area contributed by atoms with E-state index in [1.807, 2.05) is 32.0 Å². The van der Waals surface area contributed by atoms with Gasteiger partial charge in [-0.3, -0.25) is 9.69 Å². The Labute approximate surface area is 280 Å². The van der Waals surface area contributed by atoms with Gasteiger partial charge in [-0.05, 0) is 115 Å². The van der Waals surface area contributed by atoms with Crippen molar-refractivity contribution in [2.45, 2.75) is 97.0 Å². The molecule has 9 heteroatoms. The minimum atomic E-state index is -4.46. The average molecular weight is 676 g/mol. The van der Waals surface area contributed by atoms with E-state index in [1.54, 1.807) is 19.1 Å². The van der Waals surface area contributed by atoms with Crippen molar-refractivity contribution >= 4 is 5.97 Å². The minimum Gasteiger partial charge on any atom is -0.466 e. The molecular weight excluding hydrogens is 628 g/mol. The zero-order valence-electron chi connectivity index (χ0n) is 28.4. The van der Waals surface area contributed by atoms with Gasteiger partial charge in [-0.15, -0.1) is 0 Å². The molecule has 48 heavy (non-hydrogen) atoms. The van der Waals surface area contributed by atoms with Crippen molar-refractivity contribution in [3.8, 4) is 11.1 Å². The summed E-state index contributed by atoms with van der Waals surface area (Å²) in [6, 6.07) is 16.5. The van der Waals surface area contributed by atoms with E-state index in [4.69, 9.17) is 4.74 Å². The third-order valence-corrected chi connectivity index (χ3v) is 9.21. The summed E-state index contributed by atoms with van der Waals surface area (Å²) in [5.74, 6) is -0.212. The summed E-state index contributed by atoms with van der Waals surface area (Å²) >= 11 is 0. The summed E-state index contributed by atoms with van der Waals surface area (Å²) in [5.41, 5.74) is 2.55. The Morgan fingerprint density at radius 1 is 0.792 bits per heavy atom. The highest BCUT2D eigenvalue weighted by atomic mass is 19.4. The van der Waals surface area contributed by atoms with Crippen LogP contribution in [-0.4, -0.2) is 30.6 Å². The Hall–Kier alpha value is -3.33. The predicted molar refractivity (Wildman–Crippen MR) is 178 cm³/mol. The van der Waals surface area contributed by atoms with Crippen LogP contribution < -0.4 is 0 Å². The van der Waals surface area contributed by atoms with Crippen LogP contribution in [0.15, 0.2) is 66.7 Å². The van der Waals surface area contributed by atoms with Gasteiger partial charge in [-0.1, -0.05) is 70.2 Å². The summed E-state index contributed by atoms with van der Waals surface area (Å²) in [6.07, 6.45) is -4.86. The number of carbonyl (C=O) groups excluding carboxylic acids is 1. The van der Waals surface area contributed by atoms with Gasteiger partial charge in [0, 0.05) is 12.6 Å². The Morgan fingerprint density at radius 2 is 1.40 bits per heavy atom. The molecule has 1 fully saturated rings. The second kappa shape index (κ2) is 15.9. The summed E-state index contributed by atoms with van der Waals surface area (Å²) in [6.45, 7) is 11.8. The number of carbonyl (C=O) groups is 1.